The van der Waals surface area contributed by atoms with Crippen LogP contribution in [0.2, 0.25) is 0 Å². The van der Waals surface area contributed by atoms with Crippen LogP contribution in [0.25, 0.3) is 0 Å². The normalized spacial score (nSPS) is 15.9. The number of benzene rings is 3. The van der Waals surface area contributed by atoms with Gasteiger partial charge in [0.15, 0.2) is 0 Å². The molecule has 0 aromatic heterocycles. The molecule has 0 fully saturated rings. The molecule has 0 bridgehead atoms. The highest BCUT2D eigenvalue weighted by atomic mass is 15.4. The standard InChI is InChI=1S/C25H27BN2/c1-15-11-19(5)24(20(6)12-15)28-22-10-8-7-9-21(22)27(25(28)26)23-14-17(3)16(2)13-18(23)4/h7-14,25H,1-6H3. The van der Waals surface area contributed by atoms with E-state index in [1.807, 2.05) is 0 Å². The maximum absolute atomic E-state index is 6.92. The van der Waals surface area contributed by atoms with Gasteiger partial charge in [-0.15, -0.1) is 0 Å². The Morgan fingerprint density at radius 3 is 1.75 bits per heavy atom. The molecule has 1 aliphatic rings. The maximum atomic E-state index is 6.92. The Hall–Kier alpha value is -2.68. The number of aryl methyl sites for hydroxylation is 6. The number of nitrogens with zero attached hydrogens (tertiary/aromatic N) is 2. The van der Waals surface area contributed by atoms with Crippen LogP contribution in [0.5, 0.6) is 0 Å². The summed E-state index contributed by atoms with van der Waals surface area (Å²) in [6, 6.07) is 17.2. The number of hydrogen-bond donors (Lipinski definition) is 0. The molecule has 140 valence electrons. The lowest BCUT2D eigenvalue weighted by molar-refractivity contribution is 0.899. The molecular weight excluding hydrogens is 339 g/mol. The molecular formula is C25H27BN2. The summed E-state index contributed by atoms with van der Waals surface area (Å²) in [5.74, 6) is 0. The van der Waals surface area contributed by atoms with Crippen LogP contribution in [0.15, 0.2) is 48.5 Å². The summed E-state index contributed by atoms with van der Waals surface area (Å²) in [5, 5.41) is 0. The first-order chi connectivity index (χ1) is 13.3. The summed E-state index contributed by atoms with van der Waals surface area (Å²) in [6.45, 7) is 13.0. The molecule has 0 aliphatic carbocycles. The van der Waals surface area contributed by atoms with Gasteiger partial charge in [0.2, 0.25) is 0 Å². The average molecular weight is 366 g/mol. The van der Waals surface area contributed by atoms with Crippen LogP contribution in [0.4, 0.5) is 22.7 Å². The molecule has 0 spiro atoms. The van der Waals surface area contributed by atoms with Gasteiger partial charge in [-0.3, -0.25) is 0 Å². The third kappa shape index (κ3) is 2.81. The molecule has 28 heavy (non-hydrogen) atoms. The minimum absolute atomic E-state index is 0.293. The fraction of sp³-hybridized carbons (Fsp3) is 0.280. The molecule has 0 amide bonds. The summed E-state index contributed by atoms with van der Waals surface area (Å²) in [7, 11) is 6.92. The topological polar surface area (TPSA) is 6.48 Å². The van der Waals surface area contributed by atoms with Gasteiger partial charge in [0, 0.05) is 11.4 Å². The molecule has 2 radical (unpaired) electrons. The van der Waals surface area contributed by atoms with Crippen LogP contribution < -0.4 is 9.80 Å². The molecule has 3 aromatic carbocycles. The van der Waals surface area contributed by atoms with Gasteiger partial charge in [0.25, 0.3) is 0 Å². The van der Waals surface area contributed by atoms with Gasteiger partial charge >= 0.3 is 0 Å². The highest BCUT2D eigenvalue weighted by Crippen LogP contribution is 2.49. The number of rotatable bonds is 2. The van der Waals surface area contributed by atoms with Gasteiger partial charge in [0.05, 0.1) is 17.4 Å². The second-order valence-corrected chi connectivity index (χ2v) is 8.11. The minimum atomic E-state index is -0.293. The predicted molar refractivity (Wildman–Crippen MR) is 122 cm³/mol. The molecule has 1 heterocycles. The first kappa shape index (κ1) is 18.7. The summed E-state index contributed by atoms with van der Waals surface area (Å²) < 4.78 is 0. The molecule has 4 rings (SSSR count). The smallest absolute Gasteiger partial charge is 0.130 e. The van der Waals surface area contributed by atoms with Crippen LogP contribution in [0, 0.1) is 41.5 Å². The van der Waals surface area contributed by atoms with Gasteiger partial charge in [-0.1, -0.05) is 35.9 Å². The Labute approximate surface area is 170 Å². The highest BCUT2D eigenvalue weighted by Gasteiger charge is 2.36. The van der Waals surface area contributed by atoms with Crippen LogP contribution in [-0.2, 0) is 0 Å². The van der Waals surface area contributed by atoms with Crippen molar-refractivity contribution in [1.82, 2.24) is 0 Å². The zero-order valence-corrected chi connectivity index (χ0v) is 17.7. The Morgan fingerprint density at radius 1 is 0.607 bits per heavy atom. The minimum Gasteiger partial charge on any atom is -0.327 e. The fourth-order valence-electron chi connectivity index (χ4n) is 4.55. The van der Waals surface area contributed by atoms with Crippen LogP contribution >= 0.6 is 0 Å². The Balaban J connectivity index is 1.93. The largest absolute Gasteiger partial charge is 0.327 e. The number of para-hydroxylation sites is 2. The van der Waals surface area contributed by atoms with Crippen molar-refractivity contribution in [2.75, 3.05) is 9.80 Å². The third-order valence-corrected chi connectivity index (χ3v) is 5.88. The van der Waals surface area contributed by atoms with Crippen molar-refractivity contribution in [1.29, 1.82) is 0 Å². The lowest BCUT2D eigenvalue weighted by atomic mass is 9.96. The number of fused-ring (bicyclic) bond motifs is 1. The molecule has 1 aliphatic heterocycles. The van der Waals surface area contributed by atoms with E-state index >= 15 is 0 Å². The van der Waals surface area contributed by atoms with Crippen molar-refractivity contribution in [3.05, 3.63) is 81.9 Å². The van der Waals surface area contributed by atoms with Gasteiger partial charge in [-0.05, 0) is 87.6 Å². The average Bonchev–Trinajstić information content (AvgIpc) is 2.90. The van der Waals surface area contributed by atoms with Gasteiger partial charge < -0.3 is 9.80 Å². The molecule has 0 saturated heterocycles. The van der Waals surface area contributed by atoms with Crippen molar-refractivity contribution in [3.63, 3.8) is 0 Å². The zero-order valence-electron chi connectivity index (χ0n) is 17.7. The fourth-order valence-corrected chi connectivity index (χ4v) is 4.55. The molecule has 1 atom stereocenters. The SMILES string of the molecule is [B]C1N(c2cc(C)c(C)cc2C)c2ccccc2N1c1c(C)cc(C)cc1C. The molecule has 0 saturated carbocycles. The maximum Gasteiger partial charge on any atom is 0.130 e. The van der Waals surface area contributed by atoms with Gasteiger partial charge in [-0.25, -0.2) is 0 Å². The molecule has 2 nitrogen and oxygen atoms in total. The number of hydrogen-bond acceptors (Lipinski definition) is 2. The Kier molecular flexibility index (Phi) is 4.49. The summed E-state index contributed by atoms with van der Waals surface area (Å²) >= 11 is 0. The molecule has 0 N–H and O–H groups in total. The van der Waals surface area contributed by atoms with Crippen LogP contribution in [-0.4, -0.2) is 13.9 Å². The van der Waals surface area contributed by atoms with Crippen molar-refractivity contribution in [3.8, 4) is 0 Å². The first-order valence-corrected chi connectivity index (χ1v) is 9.88. The van der Waals surface area contributed by atoms with E-state index in [-0.39, 0.29) is 6.07 Å². The van der Waals surface area contributed by atoms with Gasteiger partial charge in [-0.2, -0.15) is 0 Å². The first-order valence-electron chi connectivity index (χ1n) is 9.88. The Bertz CT molecular complexity index is 1050. The van der Waals surface area contributed by atoms with E-state index in [0.717, 1.165) is 11.4 Å². The predicted octanol–water partition coefficient (Wildman–Crippen LogP) is 6.28. The number of anilines is 4. The molecule has 3 aromatic rings. The van der Waals surface area contributed by atoms with Crippen LogP contribution in [0.3, 0.4) is 0 Å². The molecule has 1 unspecified atom stereocenters. The van der Waals surface area contributed by atoms with Crippen molar-refractivity contribution in [2.45, 2.75) is 47.6 Å². The summed E-state index contributed by atoms with van der Waals surface area (Å²) in [4.78, 5) is 4.56. The Morgan fingerprint density at radius 2 is 1.14 bits per heavy atom. The highest BCUT2D eigenvalue weighted by molar-refractivity contribution is 6.19. The van der Waals surface area contributed by atoms with Crippen molar-refractivity contribution >= 4 is 30.6 Å². The van der Waals surface area contributed by atoms with Crippen molar-refractivity contribution < 1.29 is 0 Å². The van der Waals surface area contributed by atoms with E-state index < -0.39 is 0 Å². The second kappa shape index (κ2) is 6.74. The lowest BCUT2D eigenvalue weighted by Gasteiger charge is -2.34. The summed E-state index contributed by atoms with van der Waals surface area (Å²) in [5.41, 5.74) is 12.3. The van der Waals surface area contributed by atoms with Gasteiger partial charge in [0.1, 0.15) is 7.85 Å². The van der Waals surface area contributed by atoms with E-state index in [9.17, 15) is 0 Å². The monoisotopic (exact) mass is 366 g/mol. The zero-order chi connectivity index (χ0) is 20.2. The summed E-state index contributed by atoms with van der Waals surface area (Å²) in [6.07, 6.45) is 0. The van der Waals surface area contributed by atoms with E-state index in [0.29, 0.717) is 0 Å². The van der Waals surface area contributed by atoms with E-state index in [1.54, 1.807) is 0 Å². The second-order valence-electron chi connectivity index (χ2n) is 8.11. The molecule has 3 heteroatoms. The lowest BCUT2D eigenvalue weighted by Crippen LogP contribution is -2.39. The van der Waals surface area contributed by atoms with Crippen LogP contribution in [0.1, 0.15) is 33.4 Å². The third-order valence-electron chi connectivity index (χ3n) is 5.88. The quantitative estimate of drug-likeness (QED) is 0.493. The van der Waals surface area contributed by atoms with Crippen molar-refractivity contribution in [2.24, 2.45) is 0 Å². The van der Waals surface area contributed by atoms with E-state index in [4.69, 9.17) is 7.85 Å². The van der Waals surface area contributed by atoms with E-state index in [2.05, 4.69) is 99.9 Å². The van der Waals surface area contributed by atoms with E-state index in [1.165, 1.54) is 44.8 Å².